The van der Waals surface area contributed by atoms with Crippen LogP contribution in [0.4, 0.5) is 0 Å². The van der Waals surface area contributed by atoms with E-state index < -0.39 is 11.9 Å². The Morgan fingerprint density at radius 3 is 2.48 bits per heavy atom. The minimum absolute atomic E-state index is 0.320. The Bertz CT molecular complexity index is 744. The van der Waals surface area contributed by atoms with Crippen LogP contribution < -0.4 is 11.1 Å². The Kier molecular flexibility index (Phi) is 5.55. The number of primary amides is 1. The molecule has 2 aromatic carbocycles. The van der Waals surface area contributed by atoms with E-state index in [1.54, 1.807) is 18.2 Å². The first-order chi connectivity index (χ1) is 10.9. The fourth-order valence-corrected chi connectivity index (χ4v) is 2.66. The van der Waals surface area contributed by atoms with Crippen LogP contribution in [-0.4, -0.2) is 17.9 Å². The number of rotatable bonds is 5. The minimum Gasteiger partial charge on any atom is -0.368 e. The predicted octanol–water partition coefficient (Wildman–Crippen LogP) is 2.89. The van der Waals surface area contributed by atoms with Gasteiger partial charge in [-0.3, -0.25) is 9.59 Å². The van der Waals surface area contributed by atoms with Gasteiger partial charge in [0.25, 0.3) is 5.91 Å². The topological polar surface area (TPSA) is 72.2 Å². The van der Waals surface area contributed by atoms with Gasteiger partial charge in [-0.2, -0.15) is 0 Å². The zero-order valence-corrected chi connectivity index (χ0v) is 14.7. The molecule has 120 valence electrons. The Labute approximate surface area is 144 Å². The second-order valence-electron chi connectivity index (χ2n) is 5.56. The van der Waals surface area contributed by atoms with Crippen LogP contribution in [0.25, 0.3) is 0 Å². The van der Waals surface area contributed by atoms with Crippen LogP contribution in [0.3, 0.4) is 0 Å². The van der Waals surface area contributed by atoms with Gasteiger partial charge in [0.1, 0.15) is 6.04 Å². The van der Waals surface area contributed by atoms with E-state index in [9.17, 15) is 9.59 Å². The van der Waals surface area contributed by atoms with Gasteiger partial charge in [0.15, 0.2) is 0 Å². The number of halogens is 1. The highest BCUT2D eigenvalue weighted by Crippen LogP contribution is 2.14. The van der Waals surface area contributed by atoms with E-state index in [4.69, 9.17) is 5.73 Å². The number of carbonyl (C=O) groups excluding carboxylic acids is 2. The molecule has 0 bridgehead atoms. The second-order valence-corrected chi connectivity index (χ2v) is 6.48. The fourth-order valence-electron chi connectivity index (χ4n) is 2.26. The maximum atomic E-state index is 12.3. The van der Waals surface area contributed by atoms with Gasteiger partial charge in [-0.25, -0.2) is 0 Å². The summed E-state index contributed by atoms with van der Waals surface area (Å²) in [5, 5.41) is 2.71. The monoisotopic (exact) mass is 374 g/mol. The molecule has 4 nitrogen and oxygen atoms in total. The molecule has 0 saturated heterocycles. The maximum absolute atomic E-state index is 12.3. The van der Waals surface area contributed by atoms with Gasteiger partial charge in [-0.15, -0.1) is 0 Å². The molecule has 0 spiro atoms. The van der Waals surface area contributed by atoms with Crippen molar-refractivity contribution in [1.82, 2.24) is 5.32 Å². The molecular weight excluding hydrogens is 356 g/mol. The summed E-state index contributed by atoms with van der Waals surface area (Å²) >= 11 is 3.32. The quantitative estimate of drug-likeness (QED) is 0.844. The molecule has 0 saturated carbocycles. The van der Waals surface area contributed by atoms with Crippen LogP contribution in [0.2, 0.25) is 0 Å². The average molecular weight is 375 g/mol. The molecule has 2 aromatic rings. The normalized spacial score (nSPS) is 11.8. The first kappa shape index (κ1) is 17.2. The van der Waals surface area contributed by atoms with Gasteiger partial charge in [0, 0.05) is 16.5 Å². The lowest BCUT2D eigenvalue weighted by atomic mass is 10.0. The summed E-state index contributed by atoms with van der Waals surface area (Å²) in [7, 11) is 0. The van der Waals surface area contributed by atoms with Crippen molar-refractivity contribution in [2.45, 2.75) is 26.3 Å². The molecular formula is C18H19BrN2O2. The maximum Gasteiger partial charge on any atom is 0.251 e. The molecule has 0 aliphatic heterocycles. The number of hydrogen-bond acceptors (Lipinski definition) is 2. The number of carbonyl (C=O) groups is 2. The SMILES string of the molecule is Cc1ccc(C[C@H](NC(=O)c2cccc(Br)c2)C(N)=O)cc1C. The molecule has 1 atom stereocenters. The van der Waals surface area contributed by atoms with Gasteiger partial charge in [0.2, 0.25) is 5.91 Å². The largest absolute Gasteiger partial charge is 0.368 e. The lowest BCUT2D eigenvalue weighted by Crippen LogP contribution is -2.45. The molecule has 2 rings (SSSR count). The van der Waals surface area contributed by atoms with Crippen molar-refractivity contribution in [1.29, 1.82) is 0 Å². The summed E-state index contributed by atoms with van der Waals surface area (Å²) in [5.41, 5.74) is 9.21. The molecule has 0 radical (unpaired) electrons. The van der Waals surface area contributed by atoms with Crippen molar-refractivity contribution in [3.63, 3.8) is 0 Å². The zero-order chi connectivity index (χ0) is 17.0. The molecule has 5 heteroatoms. The van der Waals surface area contributed by atoms with Crippen LogP contribution in [-0.2, 0) is 11.2 Å². The molecule has 3 N–H and O–H groups in total. The van der Waals surface area contributed by atoms with Crippen LogP contribution >= 0.6 is 15.9 Å². The highest BCUT2D eigenvalue weighted by Gasteiger charge is 2.19. The standard InChI is InChI=1S/C18H19BrN2O2/c1-11-6-7-13(8-12(11)2)9-16(17(20)22)21-18(23)14-4-3-5-15(19)10-14/h3-8,10,16H,9H2,1-2H3,(H2,20,22)(H,21,23)/t16-/m0/s1. The number of amides is 2. The summed E-state index contributed by atoms with van der Waals surface area (Å²) in [6, 6.07) is 12.2. The Morgan fingerprint density at radius 2 is 1.87 bits per heavy atom. The molecule has 23 heavy (non-hydrogen) atoms. The summed E-state index contributed by atoms with van der Waals surface area (Å²) in [4.78, 5) is 24.0. The van der Waals surface area contributed by atoms with E-state index in [-0.39, 0.29) is 5.91 Å². The summed E-state index contributed by atoms with van der Waals surface area (Å²) in [6.45, 7) is 4.04. The van der Waals surface area contributed by atoms with Crippen LogP contribution in [0.5, 0.6) is 0 Å². The average Bonchev–Trinajstić information content (AvgIpc) is 2.50. The van der Waals surface area contributed by atoms with E-state index in [2.05, 4.69) is 21.2 Å². The lowest BCUT2D eigenvalue weighted by molar-refractivity contribution is -0.119. The molecule has 0 unspecified atom stereocenters. The molecule has 0 aliphatic rings. The van der Waals surface area contributed by atoms with Gasteiger partial charge in [-0.1, -0.05) is 40.2 Å². The second kappa shape index (κ2) is 7.42. The molecule has 0 fully saturated rings. The molecule has 0 heterocycles. The lowest BCUT2D eigenvalue weighted by Gasteiger charge is -2.16. The highest BCUT2D eigenvalue weighted by molar-refractivity contribution is 9.10. The number of benzene rings is 2. The van der Waals surface area contributed by atoms with Crippen molar-refractivity contribution in [2.75, 3.05) is 0 Å². The smallest absolute Gasteiger partial charge is 0.251 e. The van der Waals surface area contributed by atoms with Crippen molar-refractivity contribution in [3.8, 4) is 0 Å². The van der Waals surface area contributed by atoms with Gasteiger partial charge in [-0.05, 0) is 48.7 Å². The van der Waals surface area contributed by atoms with E-state index in [0.717, 1.165) is 15.6 Å². The molecule has 0 aliphatic carbocycles. The van der Waals surface area contributed by atoms with Crippen molar-refractivity contribution in [2.24, 2.45) is 5.73 Å². The third-order valence-electron chi connectivity index (χ3n) is 3.75. The number of nitrogens with two attached hydrogens (primary N) is 1. The Hall–Kier alpha value is -2.14. The van der Waals surface area contributed by atoms with Crippen LogP contribution in [0.1, 0.15) is 27.0 Å². The van der Waals surface area contributed by atoms with Crippen LogP contribution in [0.15, 0.2) is 46.9 Å². The first-order valence-corrected chi connectivity index (χ1v) is 8.08. The fraction of sp³-hybridized carbons (Fsp3) is 0.222. The van der Waals surface area contributed by atoms with E-state index >= 15 is 0 Å². The first-order valence-electron chi connectivity index (χ1n) is 7.28. The molecule has 2 amide bonds. The van der Waals surface area contributed by atoms with Crippen molar-refractivity contribution in [3.05, 3.63) is 69.2 Å². The Balaban J connectivity index is 2.14. The third-order valence-corrected chi connectivity index (χ3v) is 4.24. The summed E-state index contributed by atoms with van der Waals surface area (Å²) in [5.74, 6) is -0.870. The van der Waals surface area contributed by atoms with Crippen molar-refractivity contribution < 1.29 is 9.59 Å². The zero-order valence-electron chi connectivity index (χ0n) is 13.1. The van der Waals surface area contributed by atoms with E-state index in [1.807, 2.05) is 38.1 Å². The van der Waals surface area contributed by atoms with Gasteiger partial charge in [0.05, 0.1) is 0 Å². The van der Waals surface area contributed by atoms with Gasteiger partial charge < -0.3 is 11.1 Å². The third kappa shape index (κ3) is 4.66. The minimum atomic E-state index is -0.747. The number of hydrogen-bond donors (Lipinski definition) is 2. The van der Waals surface area contributed by atoms with Crippen molar-refractivity contribution >= 4 is 27.7 Å². The molecule has 0 aromatic heterocycles. The number of nitrogens with one attached hydrogen (secondary N) is 1. The predicted molar refractivity (Wildman–Crippen MR) is 94.2 cm³/mol. The van der Waals surface area contributed by atoms with E-state index in [1.165, 1.54) is 5.56 Å². The Morgan fingerprint density at radius 1 is 1.13 bits per heavy atom. The van der Waals surface area contributed by atoms with Crippen LogP contribution in [0, 0.1) is 13.8 Å². The van der Waals surface area contributed by atoms with E-state index in [0.29, 0.717) is 12.0 Å². The highest BCUT2D eigenvalue weighted by atomic mass is 79.9. The summed E-state index contributed by atoms with van der Waals surface area (Å²) in [6.07, 6.45) is 0.371. The summed E-state index contributed by atoms with van der Waals surface area (Å²) < 4.78 is 0.801. The number of aryl methyl sites for hydroxylation is 2. The van der Waals surface area contributed by atoms with Gasteiger partial charge >= 0.3 is 0 Å².